The molecule has 0 bridgehead atoms. The van der Waals surface area contributed by atoms with Crippen LogP contribution in [0.2, 0.25) is 0 Å². The van der Waals surface area contributed by atoms with Crippen molar-refractivity contribution in [3.63, 3.8) is 0 Å². The highest BCUT2D eigenvalue weighted by Crippen LogP contribution is 2.44. The smallest absolute Gasteiger partial charge is 0.410 e. The molecular weight excluding hydrogens is 428 g/mol. The van der Waals surface area contributed by atoms with Crippen molar-refractivity contribution in [3.8, 4) is 16.9 Å². The summed E-state index contributed by atoms with van der Waals surface area (Å²) in [5, 5.41) is 4.95. The van der Waals surface area contributed by atoms with Gasteiger partial charge in [-0.25, -0.2) is 4.79 Å². The number of nitrogens with zero attached hydrogens (tertiary/aromatic N) is 1. The summed E-state index contributed by atoms with van der Waals surface area (Å²) < 4.78 is 32.9. The molecule has 0 aromatic heterocycles. The lowest BCUT2D eigenvalue weighted by Crippen LogP contribution is -2.37. The predicted octanol–water partition coefficient (Wildman–Crippen LogP) is 3.58. The lowest BCUT2D eigenvalue weighted by Gasteiger charge is -2.29. The second kappa shape index (κ2) is 7.96. The third-order valence-corrected chi connectivity index (χ3v) is 6.42. The third kappa shape index (κ3) is 3.94. The monoisotopic (exact) mass is 450 g/mol. The van der Waals surface area contributed by atoms with Crippen molar-refractivity contribution < 1.29 is 22.1 Å². The van der Waals surface area contributed by atoms with Gasteiger partial charge in [-0.2, -0.15) is 13.6 Å². The molecule has 3 aromatic rings. The standard InChI is InChI=1S/C24H22N2O5S/c25-32(28,29)31-18-10-9-16-11-12-26(14-17(16)13-18)24(27)30-15-23-21-7-3-1-5-19(21)20-6-2-4-8-22(20)23/h1-10,13,23H,11-12,14-15H2,(H2,25,28,29). The summed E-state index contributed by atoms with van der Waals surface area (Å²) in [5.41, 5.74) is 6.53. The van der Waals surface area contributed by atoms with Crippen LogP contribution in [0.1, 0.15) is 28.2 Å². The van der Waals surface area contributed by atoms with Gasteiger partial charge in [0.05, 0.1) is 0 Å². The summed E-state index contributed by atoms with van der Waals surface area (Å²) in [6, 6.07) is 21.4. The molecule has 1 heterocycles. The van der Waals surface area contributed by atoms with Gasteiger partial charge in [0.2, 0.25) is 0 Å². The van der Waals surface area contributed by atoms with Crippen LogP contribution < -0.4 is 9.32 Å². The Kier molecular flexibility index (Phi) is 5.11. The van der Waals surface area contributed by atoms with Gasteiger partial charge in [0.1, 0.15) is 12.4 Å². The number of carbonyl (C=O) groups excluding carboxylic acids is 1. The number of hydrogen-bond acceptors (Lipinski definition) is 5. The number of rotatable bonds is 4. The minimum Gasteiger partial charge on any atom is -0.448 e. The zero-order valence-electron chi connectivity index (χ0n) is 17.2. The molecule has 0 radical (unpaired) electrons. The Morgan fingerprint density at radius 2 is 1.62 bits per heavy atom. The normalized spacial score (nSPS) is 15.0. The fraction of sp³-hybridized carbons (Fsp3) is 0.208. The van der Waals surface area contributed by atoms with Crippen LogP contribution in [0.3, 0.4) is 0 Å². The van der Waals surface area contributed by atoms with Crippen LogP contribution in [0.4, 0.5) is 4.79 Å². The van der Waals surface area contributed by atoms with Gasteiger partial charge < -0.3 is 13.8 Å². The second-order valence-corrected chi connectivity index (χ2v) is 9.13. The van der Waals surface area contributed by atoms with E-state index >= 15 is 0 Å². The molecule has 0 fully saturated rings. The van der Waals surface area contributed by atoms with Crippen LogP contribution in [0.5, 0.6) is 5.75 Å². The molecule has 2 aliphatic rings. The minimum atomic E-state index is -4.11. The van der Waals surface area contributed by atoms with Crippen molar-refractivity contribution in [1.82, 2.24) is 4.90 Å². The molecule has 164 valence electrons. The van der Waals surface area contributed by atoms with Crippen LogP contribution in [0.15, 0.2) is 66.7 Å². The van der Waals surface area contributed by atoms with Gasteiger partial charge in [-0.3, -0.25) is 0 Å². The summed E-state index contributed by atoms with van der Waals surface area (Å²) >= 11 is 0. The molecule has 5 rings (SSSR count). The van der Waals surface area contributed by atoms with Crippen molar-refractivity contribution in [3.05, 3.63) is 89.0 Å². The highest BCUT2D eigenvalue weighted by molar-refractivity contribution is 7.84. The Labute approximate surface area is 186 Å². The van der Waals surface area contributed by atoms with Gasteiger partial charge in [-0.15, -0.1) is 0 Å². The van der Waals surface area contributed by atoms with Crippen LogP contribution >= 0.6 is 0 Å². The SMILES string of the molecule is NS(=O)(=O)Oc1ccc2c(c1)CN(C(=O)OCC1c3ccccc3-c3ccccc31)CC2. The minimum absolute atomic E-state index is 0.00168. The number of nitrogens with two attached hydrogens (primary N) is 1. The molecular formula is C24H22N2O5S. The molecule has 2 N–H and O–H groups in total. The van der Waals surface area contributed by atoms with Crippen molar-refractivity contribution in [2.45, 2.75) is 18.9 Å². The van der Waals surface area contributed by atoms with Gasteiger partial charge >= 0.3 is 16.4 Å². The molecule has 0 unspecified atom stereocenters. The Morgan fingerprint density at radius 3 is 2.28 bits per heavy atom. The quantitative estimate of drug-likeness (QED) is 0.655. The van der Waals surface area contributed by atoms with E-state index in [-0.39, 0.29) is 18.3 Å². The van der Waals surface area contributed by atoms with Crippen molar-refractivity contribution in [1.29, 1.82) is 0 Å². The van der Waals surface area contributed by atoms with Crippen LogP contribution in [0.25, 0.3) is 11.1 Å². The van der Waals surface area contributed by atoms with E-state index in [0.29, 0.717) is 19.5 Å². The molecule has 0 spiro atoms. The number of fused-ring (bicyclic) bond motifs is 4. The maximum absolute atomic E-state index is 12.9. The van der Waals surface area contributed by atoms with Gasteiger partial charge in [0.25, 0.3) is 0 Å². The summed E-state index contributed by atoms with van der Waals surface area (Å²) in [7, 11) is -4.11. The molecule has 1 aliphatic carbocycles. The van der Waals surface area contributed by atoms with Crippen LogP contribution in [-0.4, -0.2) is 32.6 Å². The maximum atomic E-state index is 12.9. The topological polar surface area (TPSA) is 98.9 Å². The molecule has 0 saturated carbocycles. The first-order chi connectivity index (χ1) is 15.4. The van der Waals surface area contributed by atoms with Crippen molar-refractivity contribution in [2.75, 3.05) is 13.2 Å². The summed E-state index contributed by atoms with van der Waals surface area (Å²) in [5.74, 6) is 0.124. The van der Waals surface area contributed by atoms with E-state index in [2.05, 4.69) is 24.3 Å². The second-order valence-electron chi connectivity index (χ2n) is 7.98. The van der Waals surface area contributed by atoms with Gasteiger partial charge in [-0.1, -0.05) is 54.6 Å². The highest BCUT2D eigenvalue weighted by atomic mass is 32.2. The van der Waals surface area contributed by atoms with E-state index < -0.39 is 16.4 Å². The summed E-state index contributed by atoms with van der Waals surface area (Å²) in [6.45, 7) is 1.09. The number of hydrogen-bond donors (Lipinski definition) is 1. The first-order valence-electron chi connectivity index (χ1n) is 10.3. The molecule has 1 amide bonds. The number of carbonyl (C=O) groups is 1. The fourth-order valence-corrected chi connectivity index (χ4v) is 4.93. The number of benzene rings is 3. The van der Waals surface area contributed by atoms with E-state index in [9.17, 15) is 13.2 Å². The average molecular weight is 451 g/mol. The van der Waals surface area contributed by atoms with E-state index in [4.69, 9.17) is 14.1 Å². The van der Waals surface area contributed by atoms with E-state index in [0.717, 1.165) is 22.3 Å². The van der Waals surface area contributed by atoms with Gasteiger partial charge in [0.15, 0.2) is 0 Å². The molecule has 7 nitrogen and oxygen atoms in total. The van der Waals surface area contributed by atoms with Crippen LogP contribution in [-0.2, 0) is 28.0 Å². The first-order valence-corrected chi connectivity index (χ1v) is 11.8. The fourth-order valence-electron chi connectivity index (χ4n) is 4.56. The molecule has 0 saturated heterocycles. The summed E-state index contributed by atoms with van der Waals surface area (Å²) in [6.07, 6.45) is 0.255. The molecule has 32 heavy (non-hydrogen) atoms. The first kappa shape index (κ1) is 20.5. The van der Waals surface area contributed by atoms with E-state index in [1.54, 1.807) is 23.1 Å². The van der Waals surface area contributed by atoms with Crippen LogP contribution in [0, 0.1) is 0 Å². The average Bonchev–Trinajstić information content (AvgIpc) is 3.10. The van der Waals surface area contributed by atoms with Crippen molar-refractivity contribution in [2.24, 2.45) is 5.14 Å². The predicted molar refractivity (Wildman–Crippen MR) is 119 cm³/mol. The lowest BCUT2D eigenvalue weighted by atomic mass is 9.98. The molecule has 0 atom stereocenters. The maximum Gasteiger partial charge on any atom is 0.410 e. The van der Waals surface area contributed by atoms with Gasteiger partial charge in [-0.05, 0) is 51.9 Å². The largest absolute Gasteiger partial charge is 0.448 e. The number of ether oxygens (including phenoxy) is 1. The Morgan fingerprint density at radius 1 is 0.969 bits per heavy atom. The third-order valence-electron chi connectivity index (χ3n) is 6.00. The van der Waals surface area contributed by atoms with Gasteiger partial charge in [0, 0.05) is 19.0 Å². The lowest BCUT2D eigenvalue weighted by molar-refractivity contribution is 0.0953. The Balaban J connectivity index is 1.29. The van der Waals surface area contributed by atoms with E-state index in [1.807, 2.05) is 24.3 Å². The zero-order chi connectivity index (χ0) is 22.3. The van der Waals surface area contributed by atoms with Crippen molar-refractivity contribution >= 4 is 16.4 Å². The zero-order valence-corrected chi connectivity index (χ0v) is 18.0. The highest BCUT2D eigenvalue weighted by Gasteiger charge is 2.30. The summed E-state index contributed by atoms with van der Waals surface area (Å²) in [4.78, 5) is 14.5. The van der Waals surface area contributed by atoms with E-state index in [1.165, 1.54) is 11.1 Å². The Bertz CT molecular complexity index is 1260. The molecule has 8 heteroatoms. The molecule has 3 aromatic carbocycles. The molecule has 1 aliphatic heterocycles. The Hall–Kier alpha value is -3.36. The number of amides is 1.